The molecule has 0 atom stereocenters. The summed E-state index contributed by atoms with van der Waals surface area (Å²) in [6.45, 7) is 2.07. The molecule has 4 heteroatoms. The van der Waals surface area contributed by atoms with Gasteiger partial charge in [-0.25, -0.2) is 0 Å². The molecule has 24 heavy (non-hydrogen) atoms. The molecule has 3 rings (SSSR count). The average Bonchev–Trinajstić information content (AvgIpc) is 3.03. The van der Waals surface area contributed by atoms with Crippen LogP contribution >= 0.6 is 27.7 Å². The molecule has 2 aromatic carbocycles. The molecular formula is C20H14BrNOS. The summed E-state index contributed by atoms with van der Waals surface area (Å²) in [7, 11) is 0. The van der Waals surface area contributed by atoms with E-state index in [0.717, 1.165) is 20.0 Å². The zero-order valence-electron chi connectivity index (χ0n) is 13.0. The maximum atomic E-state index is 9.40. The van der Waals surface area contributed by atoms with Crippen LogP contribution in [0, 0.1) is 18.3 Å². The van der Waals surface area contributed by atoms with Gasteiger partial charge in [-0.2, -0.15) is 5.26 Å². The zero-order chi connectivity index (χ0) is 16.9. The molecule has 0 bridgehead atoms. The van der Waals surface area contributed by atoms with Crippen molar-refractivity contribution >= 4 is 39.3 Å². The minimum atomic E-state index is 0.573. The maximum absolute atomic E-state index is 9.40. The number of benzene rings is 2. The Labute approximate surface area is 153 Å². The fourth-order valence-electron chi connectivity index (χ4n) is 2.14. The van der Waals surface area contributed by atoms with Crippen molar-refractivity contribution in [3.8, 4) is 6.07 Å². The molecule has 0 aliphatic carbocycles. The van der Waals surface area contributed by atoms with E-state index >= 15 is 0 Å². The van der Waals surface area contributed by atoms with Gasteiger partial charge in [0.25, 0.3) is 0 Å². The van der Waals surface area contributed by atoms with Gasteiger partial charge in [-0.1, -0.05) is 57.5 Å². The van der Waals surface area contributed by atoms with Crippen LogP contribution in [0.4, 0.5) is 0 Å². The predicted octanol–water partition coefficient (Wildman–Crippen LogP) is 6.57. The molecule has 0 amide bonds. The Morgan fingerprint density at radius 1 is 1.04 bits per heavy atom. The normalized spacial score (nSPS) is 11.3. The summed E-state index contributed by atoms with van der Waals surface area (Å²) in [5.41, 5.74) is 2.67. The van der Waals surface area contributed by atoms with Crippen molar-refractivity contribution in [1.82, 2.24) is 0 Å². The summed E-state index contributed by atoms with van der Waals surface area (Å²) in [4.78, 5) is 1.12. The van der Waals surface area contributed by atoms with Gasteiger partial charge in [0.2, 0.25) is 0 Å². The smallest absolute Gasteiger partial charge is 0.165 e. The minimum Gasteiger partial charge on any atom is -0.450 e. The van der Waals surface area contributed by atoms with Crippen molar-refractivity contribution in [2.24, 2.45) is 0 Å². The van der Waals surface area contributed by atoms with E-state index in [1.165, 1.54) is 5.56 Å². The summed E-state index contributed by atoms with van der Waals surface area (Å²) < 4.78 is 6.81. The summed E-state index contributed by atoms with van der Waals surface area (Å²) in [6.07, 6.45) is 1.77. The first-order valence-corrected chi connectivity index (χ1v) is 8.97. The van der Waals surface area contributed by atoms with E-state index in [1.807, 2.05) is 36.4 Å². The van der Waals surface area contributed by atoms with E-state index in [0.29, 0.717) is 11.3 Å². The molecule has 0 saturated heterocycles. The summed E-state index contributed by atoms with van der Waals surface area (Å²) in [5.74, 6) is 0.670. The van der Waals surface area contributed by atoms with Gasteiger partial charge in [-0.05, 0) is 55.0 Å². The summed E-state index contributed by atoms with van der Waals surface area (Å²) in [5, 5.41) is 10.2. The molecule has 0 radical (unpaired) electrons. The largest absolute Gasteiger partial charge is 0.450 e. The van der Waals surface area contributed by atoms with Crippen LogP contribution in [0.3, 0.4) is 0 Å². The van der Waals surface area contributed by atoms with Crippen LogP contribution in [0.2, 0.25) is 0 Å². The van der Waals surface area contributed by atoms with Crippen molar-refractivity contribution in [3.05, 3.63) is 82.0 Å². The standard InChI is InChI=1S/C20H14BrNOS/c1-14-2-9-19(10-3-14)24-20-11-8-18(23-20)12-16(13-22)15-4-6-17(21)7-5-15/h2-12H,1H3/b16-12-. The third-order valence-electron chi connectivity index (χ3n) is 3.40. The Morgan fingerprint density at radius 2 is 1.75 bits per heavy atom. The van der Waals surface area contributed by atoms with Crippen molar-refractivity contribution in [3.63, 3.8) is 0 Å². The van der Waals surface area contributed by atoms with Gasteiger partial charge >= 0.3 is 0 Å². The van der Waals surface area contributed by atoms with Crippen LogP contribution in [0.5, 0.6) is 0 Å². The highest BCUT2D eigenvalue weighted by Crippen LogP contribution is 2.30. The van der Waals surface area contributed by atoms with Crippen LogP contribution in [0.25, 0.3) is 11.6 Å². The number of hydrogen-bond acceptors (Lipinski definition) is 3. The highest BCUT2D eigenvalue weighted by molar-refractivity contribution is 9.10. The van der Waals surface area contributed by atoms with Crippen molar-refractivity contribution in [2.75, 3.05) is 0 Å². The highest BCUT2D eigenvalue weighted by atomic mass is 79.9. The molecule has 3 aromatic rings. The Bertz CT molecular complexity index is 902. The van der Waals surface area contributed by atoms with E-state index in [1.54, 1.807) is 17.8 Å². The molecule has 1 heterocycles. The number of nitriles is 1. The second kappa shape index (κ2) is 7.57. The Hall–Kier alpha value is -2.22. The molecule has 0 spiro atoms. The molecule has 0 aliphatic rings. The topological polar surface area (TPSA) is 36.9 Å². The molecule has 0 N–H and O–H groups in total. The molecule has 0 unspecified atom stereocenters. The first-order chi connectivity index (χ1) is 11.6. The molecule has 0 aliphatic heterocycles. The molecule has 0 saturated carbocycles. The first-order valence-electron chi connectivity index (χ1n) is 7.36. The first kappa shape index (κ1) is 16.6. The Morgan fingerprint density at radius 3 is 2.42 bits per heavy atom. The monoisotopic (exact) mass is 395 g/mol. The fraction of sp³-hybridized carbons (Fsp3) is 0.0500. The van der Waals surface area contributed by atoms with Crippen LogP contribution in [0.1, 0.15) is 16.9 Å². The Balaban J connectivity index is 1.80. The second-order valence-electron chi connectivity index (χ2n) is 5.25. The number of allylic oxidation sites excluding steroid dienone is 1. The van der Waals surface area contributed by atoms with Gasteiger partial charge in [0.05, 0.1) is 11.6 Å². The van der Waals surface area contributed by atoms with Gasteiger partial charge in [0.15, 0.2) is 5.09 Å². The fourth-order valence-corrected chi connectivity index (χ4v) is 3.18. The lowest BCUT2D eigenvalue weighted by Gasteiger charge is -1.99. The number of nitrogens with zero attached hydrogens (tertiary/aromatic N) is 1. The van der Waals surface area contributed by atoms with Crippen LogP contribution in [-0.4, -0.2) is 0 Å². The van der Waals surface area contributed by atoms with Crippen LogP contribution in [-0.2, 0) is 0 Å². The van der Waals surface area contributed by atoms with E-state index in [9.17, 15) is 5.26 Å². The van der Waals surface area contributed by atoms with E-state index in [4.69, 9.17) is 4.42 Å². The van der Waals surface area contributed by atoms with Gasteiger partial charge in [-0.15, -0.1) is 0 Å². The number of rotatable bonds is 4. The van der Waals surface area contributed by atoms with Gasteiger partial charge in [-0.3, -0.25) is 0 Å². The molecule has 118 valence electrons. The zero-order valence-corrected chi connectivity index (χ0v) is 15.4. The lowest BCUT2D eigenvalue weighted by molar-refractivity contribution is 0.466. The third kappa shape index (κ3) is 4.19. The van der Waals surface area contributed by atoms with Gasteiger partial charge < -0.3 is 4.42 Å². The van der Waals surface area contributed by atoms with E-state index < -0.39 is 0 Å². The van der Waals surface area contributed by atoms with Crippen LogP contribution < -0.4 is 0 Å². The van der Waals surface area contributed by atoms with E-state index in [-0.39, 0.29) is 0 Å². The molecule has 0 fully saturated rings. The second-order valence-corrected chi connectivity index (χ2v) is 7.24. The quantitative estimate of drug-likeness (QED) is 0.468. The number of hydrogen-bond donors (Lipinski definition) is 0. The summed E-state index contributed by atoms with van der Waals surface area (Å²) in [6, 6.07) is 22.0. The molecule has 2 nitrogen and oxygen atoms in total. The number of furan rings is 1. The lowest BCUT2D eigenvalue weighted by Crippen LogP contribution is -1.80. The predicted molar refractivity (Wildman–Crippen MR) is 102 cm³/mol. The molecular weight excluding hydrogens is 382 g/mol. The SMILES string of the molecule is Cc1ccc(Sc2ccc(/C=C(/C#N)c3ccc(Br)cc3)o2)cc1. The van der Waals surface area contributed by atoms with Gasteiger partial charge in [0, 0.05) is 9.37 Å². The number of aryl methyl sites for hydroxylation is 1. The van der Waals surface area contributed by atoms with Crippen LogP contribution in [0.15, 0.2) is 79.5 Å². The van der Waals surface area contributed by atoms with Crippen molar-refractivity contribution in [1.29, 1.82) is 5.26 Å². The summed E-state index contributed by atoms with van der Waals surface area (Å²) >= 11 is 4.96. The van der Waals surface area contributed by atoms with E-state index in [2.05, 4.69) is 53.2 Å². The average molecular weight is 396 g/mol. The van der Waals surface area contributed by atoms with Crippen molar-refractivity contribution in [2.45, 2.75) is 16.9 Å². The number of halogens is 1. The molecule has 1 aromatic heterocycles. The lowest BCUT2D eigenvalue weighted by atomic mass is 10.1. The third-order valence-corrected chi connectivity index (χ3v) is 4.86. The Kier molecular flexibility index (Phi) is 5.24. The maximum Gasteiger partial charge on any atom is 0.165 e. The highest BCUT2D eigenvalue weighted by Gasteiger charge is 2.06. The minimum absolute atomic E-state index is 0.573. The van der Waals surface area contributed by atoms with Gasteiger partial charge in [0.1, 0.15) is 5.76 Å². The van der Waals surface area contributed by atoms with Crippen molar-refractivity contribution < 1.29 is 4.42 Å².